The van der Waals surface area contributed by atoms with Crippen LogP contribution in [-0.4, -0.2) is 36.4 Å². The van der Waals surface area contributed by atoms with E-state index in [0.29, 0.717) is 18.1 Å². The number of amides is 1. The van der Waals surface area contributed by atoms with Crippen molar-refractivity contribution >= 4 is 35.8 Å². The Morgan fingerprint density at radius 1 is 1.08 bits per heavy atom. The molecule has 0 aliphatic heterocycles. The van der Waals surface area contributed by atoms with Crippen molar-refractivity contribution < 1.29 is 4.79 Å². The van der Waals surface area contributed by atoms with Crippen LogP contribution in [0.3, 0.4) is 0 Å². The quantitative estimate of drug-likeness (QED) is 0.242. The maximum Gasteiger partial charge on any atom is 0.253 e. The standard InChI is InChI=1S/C19H32N4O.HI/c1-4-7-8-9-14-21-19(20)22-15-16-10-12-17(13-11-16)18(24)23(5-2)6-3;/h10-13H,4-9,14-15H2,1-3H3,(H3,20,21,22);1H. The molecule has 0 radical (unpaired) electrons. The summed E-state index contributed by atoms with van der Waals surface area (Å²) in [6.07, 6.45) is 4.83. The Morgan fingerprint density at radius 2 is 1.72 bits per heavy atom. The van der Waals surface area contributed by atoms with Crippen LogP contribution in [0, 0.1) is 0 Å². The van der Waals surface area contributed by atoms with Crippen LogP contribution in [0.2, 0.25) is 0 Å². The number of carbonyl (C=O) groups is 1. The van der Waals surface area contributed by atoms with E-state index in [4.69, 9.17) is 5.73 Å². The van der Waals surface area contributed by atoms with Crippen molar-refractivity contribution in [3.63, 3.8) is 0 Å². The number of hydrogen-bond acceptors (Lipinski definition) is 2. The number of carbonyl (C=O) groups excluding carboxylic acids is 1. The van der Waals surface area contributed by atoms with Gasteiger partial charge in [-0.05, 0) is 38.0 Å². The Balaban J connectivity index is 0.00000576. The van der Waals surface area contributed by atoms with Crippen molar-refractivity contribution in [3.8, 4) is 0 Å². The van der Waals surface area contributed by atoms with Crippen molar-refractivity contribution in [1.82, 2.24) is 10.2 Å². The molecule has 6 heteroatoms. The number of guanidine groups is 1. The third-order valence-corrected chi connectivity index (χ3v) is 4.02. The number of nitrogens with two attached hydrogens (primary N) is 1. The predicted octanol–water partition coefficient (Wildman–Crippen LogP) is 3.77. The van der Waals surface area contributed by atoms with Gasteiger partial charge in [0, 0.05) is 25.2 Å². The number of unbranched alkanes of at least 4 members (excludes halogenated alkanes) is 3. The first-order valence-electron chi connectivity index (χ1n) is 9.04. The Kier molecular flexibility index (Phi) is 13.2. The maximum atomic E-state index is 12.2. The summed E-state index contributed by atoms with van der Waals surface area (Å²) in [5.41, 5.74) is 7.63. The fourth-order valence-electron chi connectivity index (χ4n) is 2.45. The van der Waals surface area contributed by atoms with Crippen molar-refractivity contribution in [1.29, 1.82) is 0 Å². The first-order chi connectivity index (χ1) is 11.6. The smallest absolute Gasteiger partial charge is 0.253 e. The first kappa shape index (κ1) is 23.7. The lowest BCUT2D eigenvalue weighted by Gasteiger charge is -2.18. The van der Waals surface area contributed by atoms with Gasteiger partial charge in [0.15, 0.2) is 5.96 Å². The molecule has 142 valence electrons. The molecule has 1 rings (SSSR count). The maximum absolute atomic E-state index is 12.2. The van der Waals surface area contributed by atoms with Gasteiger partial charge in [0.25, 0.3) is 5.91 Å². The van der Waals surface area contributed by atoms with Gasteiger partial charge in [0.05, 0.1) is 6.54 Å². The van der Waals surface area contributed by atoms with Gasteiger partial charge in [0.2, 0.25) is 0 Å². The molecule has 0 aromatic heterocycles. The number of halogens is 1. The SMILES string of the molecule is CCCCCCNC(N)=NCc1ccc(C(=O)N(CC)CC)cc1.I. The van der Waals surface area contributed by atoms with Gasteiger partial charge in [-0.3, -0.25) is 4.79 Å². The summed E-state index contributed by atoms with van der Waals surface area (Å²) < 4.78 is 0. The van der Waals surface area contributed by atoms with Crippen LogP contribution in [0.5, 0.6) is 0 Å². The summed E-state index contributed by atoms with van der Waals surface area (Å²) >= 11 is 0. The van der Waals surface area contributed by atoms with E-state index in [0.717, 1.165) is 31.6 Å². The number of aliphatic imine (C=N–C) groups is 1. The van der Waals surface area contributed by atoms with Crippen LogP contribution in [0.25, 0.3) is 0 Å². The molecule has 0 fully saturated rings. The average Bonchev–Trinajstić information content (AvgIpc) is 2.61. The largest absolute Gasteiger partial charge is 0.370 e. The van der Waals surface area contributed by atoms with Crippen LogP contribution < -0.4 is 11.1 Å². The van der Waals surface area contributed by atoms with E-state index in [9.17, 15) is 4.79 Å². The van der Waals surface area contributed by atoms with Crippen molar-refractivity contribution in [2.45, 2.75) is 53.0 Å². The molecule has 3 N–H and O–H groups in total. The van der Waals surface area contributed by atoms with E-state index in [1.165, 1.54) is 19.3 Å². The van der Waals surface area contributed by atoms with Gasteiger partial charge < -0.3 is 16.0 Å². The highest BCUT2D eigenvalue weighted by Gasteiger charge is 2.11. The second-order valence-electron chi connectivity index (χ2n) is 5.86. The highest BCUT2D eigenvalue weighted by atomic mass is 127. The molecule has 0 heterocycles. The fraction of sp³-hybridized carbons (Fsp3) is 0.579. The molecular formula is C19H33IN4O. The molecule has 0 spiro atoms. The summed E-state index contributed by atoms with van der Waals surface area (Å²) in [7, 11) is 0. The van der Waals surface area contributed by atoms with E-state index >= 15 is 0 Å². The monoisotopic (exact) mass is 460 g/mol. The van der Waals surface area contributed by atoms with Gasteiger partial charge in [-0.15, -0.1) is 24.0 Å². The number of nitrogens with zero attached hydrogens (tertiary/aromatic N) is 2. The molecule has 1 amide bonds. The number of nitrogens with one attached hydrogen (secondary N) is 1. The number of rotatable bonds is 10. The molecule has 0 saturated heterocycles. The summed E-state index contributed by atoms with van der Waals surface area (Å²) in [5.74, 6) is 0.554. The van der Waals surface area contributed by atoms with Crippen LogP contribution in [-0.2, 0) is 6.54 Å². The molecule has 5 nitrogen and oxygen atoms in total. The second kappa shape index (κ2) is 13.9. The lowest BCUT2D eigenvalue weighted by Crippen LogP contribution is -2.32. The van der Waals surface area contributed by atoms with Crippen molar-refractivity contribution in [2.75, 3.05) is 19.6 Å². The average molecular weight is 460 g/mol. The number of hydrogen-bond donors (Lipinski definition) is 2. The summed E-state index contributed by atoms with van der Waals surface area (Å²) in [4.78, 5) is 18.4. The molecule has 25 heavy (non-hydrogen) atoms. The van der Waals surface area contributed by atoms with Gasteiger partial charge in [-0.25, -0.2) is 4.99 Å². The summed E-state index contributed by atoms with van der Waals surface area (Å²) in [5, 5.41) is 3.14. The predicted molar refractivity (Wildman–Crippen MR) is 117 cm³/mol. The highest BCUT2D eigenvalue weighted by molar-refractivity contribution is 14.0. The second-order valence-corrected chi connectivity index (χ2v) is 5.86. The third-order valence-electron chi connectivity index (χ3n) is 4.02. The zero-order valence-electron chi connectivity index (χ0n) is 15.8. The zero-order chi connectivity index (χ0) is 17.8. The zero-order valence-corrected chi connectivity index (χ0v) is 18.1. The molecule has 0 aliphatic carbocycles. The van der Waals surface area contributed by atoms with Crippen molar-refractivity contribution in [3.05, 3.63) is 35.4 Å². The molecule has 0 saturated carbocycles. The molecular weight excluding hydrogens is 427 g/mol. The van der Waals surface area contributed by atoms with E-state index in [1.807, 2.05) is 43.0 Å². The van der Waals surface area contributed by atoms with Crippen LogP contribution in [0.15, 0.2) is 29.3 Å². The molecule has 0 unspecified atom stereocenters. The van der Waals surface area contributed by atoms with E-state index in [-0.39, 0.29) is 29.9 Å². The molecule has 1 aromatic carbocycles. The van der Waals surface area contributed by atoms with Crippen LogP contribution >= 0.6 is 24.0 Å². The minimum atomic E-state index is 0. The van der Waals surface area contributed by atoms with E-state index in [2.05, 4.69) is 17.2 Å². The molecule has 0 bridgehead atoms. The molecule has 1 aromatic rings. The third kappa shape index (κ3) is 9.09. The van der Waals surface area contributed by atoms with E-state index in [1.54, 1.807) is 0 Å². The normalized spacial score (nSPS) is 10.9. The van der Waals surface area contributed by atoms with Crippen molar-refractivity contribution in [2.24, 2.45) is 10.7 Å². The molecule has 0 atom stereocenters. The summed E-state index contributed by atoms with van der Waals surface area (Å²) in [6.45, 7) is 9.01. The topological polar surface area (TPSA) is 70.7 Å². The highest BCUT2D eigenvalue weighted by Crippen LogP contribution is 2.09. The minimum Gasteiger partial charge on any atom is -0.370 e. The Hall–Kier alpha value is -1.31. The fourth-order valence-corrected chi connectivity index (χ4v) is 2.45. The van der Waals surface area contributed by atoms with Gasteiger partial charge >= 0.3 is 0 Å². The van der Waals surface area contributed by atoms with Gasteiger partial charge in [0.1, 0.15) is 0 Å². The van der Waals surface area contributed by atoms with Gasteiger partial charge in [-0.1, -0.05) is 38.3 Å². The van der Waals surface area contributed by atoms with E-state index < -0.39 is 0 Å². The Labute approximate surface area is 169 Å². The summed E-state index contributed by atoms with van der Waals surface area (Å²) in [6, 6.07) is 7.60. The Morgan fingerprint density at radius 3 is 2.28 bits per heavy atom. The first-order valence-corrected chi connectivity index (χ1v) is 9.04. The lowest BCUT2D eigenvalue weighted by molar-refractivity contribution is 0.0773. The van der Waals surface area contributed by atoms with Gasteiger partial charge in [-0.2, -0.15) is 0 Å². The molecule has 0 aliphatic rings. The minimum absolute atomic E-state index is 0. The Bertz CT molecular complexity index is 513. The lowest BCUT2D eigenvalue weighted by atomic mass is 10.1. The van der Waals surface area contributed by atoms with Crippen LogP contribution in [0.1, 0.15) is 62.4 Å². The van der Waals surface area contributed by atoms with Crippen LogP contribution in [0.4, 0.5) is 0 Å². The number of benzene rings is 1.